The minimum Gasteiger partial charge on any atom is -0.491 e. The first kappa shape index (κ1) is 15.6. The molecule has 1 N–H and O–H groups in total. The van der Waals surface area contributed by atoms with E-state index in [1.165, 1.54) is 18.2 Å². The predicted octanol–water partition coefficient (Wildman–Crippen LogP) is 1.04. The average molecular weight is 325 g/mol. The number of hydrogen-bond donors (Lipinski definition) is 1. The van der Waals surface area contributed by atoms with Gasteiger partial charge in [-0.05, 0) is 18.2 Å². The lowest BCUT2D eigenvalue weighted by atomic mass is 10.2. The fourth-order valence-corrected chi connectivity index (χ4v) is 1.80. The lowest BCUT2D eigenvalue weighted by molar-refractivity contribution is -0.0446. The highest BCUT2D eigenvalue weighted by Gasteiger charge is 2.47. The van der Waals surface area contributed by atoms with E-state index in [0.717, 1.165) is 10.8 Å². The maximum atomic E-state index is 12.2. The number of rotatable bonds is 5. The van der Waals surface area contributed by atoms with E-state index < -0.39 is 21.4 Å². The second-order valence-electron chi connectivity index (χ2n) is 4.17. The summed E-state index contributed by atoms with van der Waals surface area (Å²) in [5, 5.41) is 0. The van der Waals surface area contributed by atoms with Crippen LogP contribution in [0.3, 0.4) is 0 Å². The van der Waals surface area contributed by atoms with Gasteiger partial charge >= 0.3 is 15.5 Å². The summed E-state index contributed by atoms with van der Waals surface area (Å²) in [5.74, 6) is -1.16. The van der Waals surface area contributed by atoms with Gasteiger partial charge in [-0.15, -0.1) is 0 Å². The maximum absolute atomic E-state index is 12.2. The lowest BCUT2D eigenvalue weighted by Crippen LogP contribution is -2.40. The molecule has 1 aromatic carbocycles. The van der Waals surface area contributed by atoms with Gasteiger partial charge < -0.3 is 9.47 Å². The van der Waals surface area contributed by atoms with Gasteiger partial charge in [-0.25, -0.2) is 4.72 Å². The first-order valence-corrected chi connectivity index (χ1v) is 7.15. The highest BCUT2D eigenvalue weighted by molar-refractivity contribution is 7.90. The topological polar surface area (TPSA) is 85.0 Å². The van der Waals surface area contributed by atoms with Crippen molar-refractivity contribution >= 4 is 15.9 Å². The number of carbonyl (C=O) groups is 1. The van der Waals surface area contributed by atoms with Crippen molar-refractivity contribution in [3.8, 4) is 5.75 Å². The summed E-state index contributed by atoms with van der Waals surface area (Å²) in [7, 11) is -5.73. The molecule has 0 aromatic heterocycles. The molecule has 0 bridgehead atoms. The van der Waals surface area contributed by atoms with Crippen LogP contribution in [0.15, 0.2) is 24.3 Å². The molecule has 1 atom stereocenters. The van der Waals surface area contributed by atoms with Crippen LogP contribution >= 0.6 is 0 Å². The number of ether oxygens (including phenoxy) is 2. The molecule has 1 saturated heterocycles. The third kappa shape index (κ3) is 4.08. The summed E-state index contributed by atoms with van der Waals surface area (Å²) in [6, 6.07) is 5.15. The third-order valence-electron chi connectivity index (χ3n) is 2.47. The van der Waals surface area contributed by atoms with Crippen LogP contribution in [0.4, 0.5) is 13.2 Å². The van der Waals surface area contributed by atoms with Crippen LogP contribution < -0.4 is 9.46 Å². The van der Waals surface area contributed by atoms with Crippen LogP contribution in [-0.4, -0.2) is 39.2 Å². The van der Waals surface area contributed by atoms with Gasteiger partial charge in [-0.3, -0.25) is 4.79 Å². The quantitative estimate of drug-likeness (QED) is 0.818. The monoisotopic (exact) mass is 325 g/mol. The van der Waals surface area contributed by atoms with Crippen molar-refractivity contribution in [2.24, 2.45) is 0 Å². The molecule has 1 aliphatic heterocycles. The summed E-state index contributed by atoms with van der Waals surface area (Å²) >= 11 is 0. The smallest absolute Gasteiger partial charge is 0.491 e. The van der Waals surface area contributed by atoms with Crippen LogP contribution in [0.1, 0.15) is 10.4 Å². The van der Waals surface area contributed by atoms with Gasteiger partial charge in [-0.2, -0.15) is 21.6 Å². The zero-order chi connectivity index (χ0) is 15.7. The second-order valence-corrected chi connectivity index (χ2v) is 5.85. The molecule has 2 rings (SSSR count). The standard InChI is InChI=1S/C11H10F3NO5S/c12-11(13,14)21(17,18)15-10(16)7-2-1-3-8(4-7)19-5-9-6-20-9/h1-4,9H,5-6H2,(H,15,16). The predicted molar refractivity (Wildman–Crippen MR) is 64.1 cm³/mol. The van der Waals surface area contributed by atoms with Crippen molar-refractivity contribution in [3.63, 3.8) is 0 Å². The Balaban J connectivity index is 2.06. The number of halogens is 3. The molecule has 21 heavy (non-hydrogen) atoms. The third-order valence-corrected chi connectivity index (χ3v) is 3.53. The summed E-state index contributed by atoms with van der Waals surface area (Å²) in [6.45, 7) is 0.802. The number of alkyl halides is 3. The van der Waals surface area contributed by atoms with Crippen LogP contribution in [0.5, 0.6) is 5.75 Å². The molecule has 0 spiro atoms. The number of carbonyl (C=O) groups excluding carboxylic acids is 1. The summed E-state index contributed by atoms with van der Waals surface area (Å²) in [5.41, 5.74) is -5.82. The Bertz CT molecular complexity index is 640. The van der Waals surface area contributed by atoms with Crippen LogP contribution in [0.25, 0.3) is 0 Å². The number of amides is 1. The Morgan fingerprint density at radius 2 is 2.10 bits per heavy atom. The first-order chi connectivity index (χ1) is 9.69. The number of benzene rings is 1. The number of sulfonamides is 1. The Kier molecular flexibility index (Phi) is 4.10. The molecule has 0 radical (unpaired) electrons. The van der Waals surface area contributed by atoms with E-state index >= 15 is 0 Å². The van der Waals surface area contributed by atoms with Gasteiger partial charge in [0.15, 0.2) is 0 Å². The van der Waals surface area contributed by atoms with Gasteiger partial charge in [0.05, 0.1) is 6.61 Å². The summed E-state index contributed by atoms with van der Waals surface area (Å²) in [4.78, 5) is 11.5. The van der Waals surface area contributed by atoms with Gasteiger partial charge in [0.1, 0.15) is 18.5 Å². The van der Waals surface area contributed by atoms with Gasteiger partial charge in [-0.1, -0.05) is 6.07 Å². The van der Waals surface area contributed by atoms with Crippen molar-refractivity contribution < 1.29 is 35.9 Å². The minimum absolute atomic E-state index is 0.0342. The first-order valence-electron chi connectivity index (χ1n) is 5.67. The number of nitrogens with one attached hydrogen (secondary N) is 1. The number of hydrogen-bond acceptors (Lipinski definition) is 5. The molecule has 10 heteroatoms. The fourth-order valence-electron chi connectivity index (χ4n) is 1.32. The Hall–Kier alpha value is -1.81. The normalized spacial score (nSPS) is 18.1. The van der Waals surface area contributed by atoms with Gasteiger partial charge in [0, 0.05) is 5.56 Å². The molecule has 1 unspecified atom stereocenters. The SMILES string of the molecule is O=C(NS(=O)(=O)C(F)(F)F)c1cccc(OCC2CO2)c1. The lowest BCUT2D eigenvalue weighted by Gasteiger charge is -2.10. The zero-order valence-corrected chi connectivity index (χ0v) is 11.2. The maximum Gasteiger partial charge on any atom is 0.516 e. The molecule has 116 valence electrons. The molecule has 6 nitrogen and oxygen atoms in total. The van der Waals surface area contributed by atoms with Crippen molar-refractivity contribution in [1.82, 2.24) is 4.72 Å². The van der Waals surface area contributed by atoms with Crippen molar-refractivity contribution in [1.29, 1.82) is 0 Å². The molecular weight excluding hydrogens is 315 g/mol. The van der Waals surface area contributed by atoms with E-state index in [4.69, 9.17) is 9.47 Å². The number of epoxide rings is 1. The molecule has 1 aromatic rings. The molecule has 1 aliphatic rings. The average Bonchev–Trinajstić information content (AvgIpc) is 3.19. The van der Waals surface area contributed by atoms with Crippen molar-refractivity contribution in [2.75, 3.05) is 13.2 Å². The Morgan fingerprint density at radius 1 is 1.43 bits per heavy atom. The van der Waals surface area contributed by atoms with Crippen molar-refractivity contribution in [2.45, 2.75) is 11.6 Å². The molecule has 0 aliphatic carbocycles. The largest absolute Gasteiger partial charge is 0.516 e. The summed E-state index contributed by atoms with van der Waals surface area (Å²) in [6.07, 6.45) is -0.0342. The summed E-state index contributed by atoms with van der Waals surface area (Å²) < 4.78 is 69.3. The minimum atomic E-state index is -5.73. The molecule has 1 fully saturated rings. The van der Waals surface area contributed by atoms with E-state index in [0.29, 0.717) is 6.61 Å². The zero-order valence-electron chi connectivity index (χ0n) is 10.4. The van der Waals surface area contributed by atoms with E-state index in [2.05, 4.69) is 0 Å². The van der Waals surface area contributed by atoms with E-state index in [1.807, 2.05) is 0 Å². The Morgan fingerprint density at radius 3 is 2.67 bits per heavy atom. The highest BCUT2D eigenvalue weighted by Crippen LogP contribution is 2.22. The van der Waals surface area contributed by atoms with Gasteiger partial charge in [0.25, 0.3) is 5.91 Å². The van der Waals surface area contributed by atoms with Crippen LogP contribution in [-0.2, 0) is 14.8 Å². The van der Waals surface area contributed by atoms with E-state index in [9.17, 15) is 26.4 Å². The van der Waals surface area contributed by atoms with E-state index in [-0.39, 0.29) is 24.0 Å². The molecule has 1 amide bonds. The van der Waals surface area contributed by atoms with Crippen LogP contribution in [0.2, 0.25) is 0 Å². The molecule has 0 saturated carbocycles. The highest BCUT2D eigenvalue weighted by atomic mass is 32.2. The second kappa shape index (κ2) is 5.53. The fraction of sp³-hybridized carbons (Fsp3) is 0.364. The van der Waals surface area contributed by atoms with Crippen molar-refractivity contribution in [3.05, 3.63) is 29.8 Å². The van der Waals surface area contributed by atoms with Gasteiger partial charge in [0.2, 0.25) is 0 Å². The van der Waals surface area contributed by atoms with E-state index in [1.54, 1.807) is 0 Å². The molecule has 1 heterocycles. The Labute approximate surface area is 117 Å². The van der Waals surface area contributed by atoms with Crippen LogP contribution in [0, 0.1) is 0 Å². The molecular formula is C11H10F3NO5S.